The van der Waals surface area contributed by atoms with Gasteiger partial charge in [-0.15, -0.1) is 0 Å². The van der Waals surface area contributed by atoms with Gasteiger partial charge >= 0.3 is 0 Å². The number of nitrogens with one attached hydrogen (secondary N) is 2. The van der Waals surface area contributed by atoms with Crippen LogP contribution in [-0.4, -0.2) is 20.9 Å². The molecular formula is C15H14ClFN2O3S. The Kier molecular flexibility index (Phi) is 5.35. The Morgan fingerprint density at radius 1 is 1.17 bits per heavy atom. The lowest BCUT2D eigenvalue weighted by atomic mass is 10.2. The SMILES string of the molecule is Cc1cc(S(=O)(=O)NCC(=O)Nc2ccc(Cl)cc2)ccc1F. The zero-order valence-electron chi connectivity index (χ0n) is 12.1. The number of rotatable bonds is 5. The average Bonchev–Trinajstić information content (AvgIpc) is 2.50. The number of benzene rings is 2. The van der Waals surface area contributed by atoms with Crippen molar-refractivity contribution in [2.24, 2.45) is 0 Å². The Labute approximate surface area is 138 Å². The quantitative estimate of drug-likeness (QED) is 0.864. The van der Waals surface area contributed by atoms with Crippen molar-refractivity contribution in [2.75, 3.05) is 11.9 Å². The molecule has 2 aromatic carbocycles. The van der Waals surface area contributed by atoms with Crippen molar-refractivity contribution in [2.45, 2.75) is 11.8 Å². The first kappa shape index (κ1) is 17.4. The summed E-state index contributed by atoms with van der Waals surface area (Å²) in [6.07, 6.45) is 0. The monoisotopic (exact) mass is 356 g/mol. The van der Waals surface area contributed by atoms with Gasteiger partial charge in [-0.25, -0.2) is 17.5 Å². The van der Waals surface area contributed by atoms with Crippen molar-refractivity contribution in [3.63, 3.8) is 0 Å². The van der Waals surface area contributed by atoms with Crippen molar-refractivity contribution in [3.05, 3.63) is 58.9 Å². The zero-order chi connectivity index (χ0) is 17.0. The molecule has 5 nitrogen and oxygen atoms in total. The molecule has 0 aliphatic carbocycles. The van der Waals surface area contributed by atoms with E-state index in [0.29, 0.717) is 10.7 Å². The highest BCUT2D eigenvalue weighted by molar-refractivity contribution is 7.89. The Morgan fingerprint density at radius 3 is 2.43 bits per heavy atom. The molecule has 0 fully saturated rings. The van der Waals surface area contributed by atoms with Crippen LogP contribution in [0.4, 0.5) is 10.1 Å². The molecule has 0 spiro atoms. The van der Waals surface area contributed by atoms with Crippen LogP contribution < -0.4 is 10.0 Å². The third-order valence-corrected chi connectivity index (χ3v) is 4.64. The smallest absolute Gasteiger partial charge is 0.241 e. The maximum absolute atomic E-state index is 13.2. The van der Waals surface area contributed by atoms with Crippen LogP contribution in [0, 0.1) is 12.7 Å². The van der Waals surface area contributed by atoms with E-state index in [1.807, 2.05) is 0 Å². The van der Waals surface area contributed by atoms with Crippen LogP contribution >= 0.6 is 11.6 Å². The highest BCUT2D eigenvalue weighted by Gasteiger charge is 2.16. The van der Waals surface area contributed by atoms with Crippen molar-refractivity contribution in [3.8, 4) is 0 Å². The van der Waals surface area contributed by atoms with Crippen LogP contribution in [-0.2, 0) is 14.8 Å². The van der Waals surface area contributed by atoms with E-state index < -0.39 is 28.3 Å². The predicted molar refractivity (Wildman–Crippen MR) is 86.4 cm³/mol. The van der Waals surface area contributed by atoms with Crippen LogP contribution in [0.5, 0.6) is 0 Å². The fourth-order valence-electron chi connectivity index (χ4n) is 1.77. The average molecular weight is 357 g/mol. The Morgan fingerprint density at radius 2 is 1.83 bits per heavy atom. The molecule has 0 radical (unpaired) electrons. The second-order valence-electron chi connectivity index (χ2n) is 4.79. The zero-order valence-corrected chi connectivity index (χ0v) is 13.7. The third-order valence-electron chi connectivity index (χ3n) is 2.99. The number of carbonyl (C=O) groups is 1. The summed E-state index contributed by atoms with van der Waals surface area (Å²) in [5, 5.41) is 3.05. The normalized spacial score (nSPS) is 11.3. The first-order valence-corrected chi connectivity index (χ1v) is 8.45. The lowest BCUT2D eigenvalue weighted by Crippen LogP contribution is -2.32. The highest BCUT2D eigenvalue weighted by atomic mass is 35.5. The number of hydrogen-bond acceptors (Lipinski definition) is 3. The van der Waals surface area contributed by atoms with Crippen molar-refractivity contribution in [1.82, 2.24) is 4.72 Å². The summed E-state index contributed by atoms with van der Waals surface area (Å²) in [7, 11) is -3.89. The molecule has 23 heavy (non-hydrogen) atoms. The van der Waals surface area contributed by atoms with E-state index in [0.717, 1.165) is 12.1 Å². The largest absolute Gasteiger partial charge is 0.325 e. The van der Waals surface area contributed by atoms with Crippen molar-refractivity contribution < 1.29 is 17.6 Å². The van der Waals surface area contributed by atoms with Gasteiger partial charge < -0.3 is 5.32 Å². The number of sulfonamides is 1. The minimum Gasteiger partial charge on any atom is -0.325 e. The minimum absolute atomic E-state index is 0.101. The molecular weight excluding hydrogens is 343 g/mol. The molecule has 0 aliphatic heterocycles. The van der Waals surface area contributed by atoms with Crippen molar-refractivity contribution >= 4 is 33.2 Å². The topological polar surface area (TPSA) is 75.3 Å². The summed E-state index contributed by atoms with van der Waals surface area (Å²) in [6.45, 7) is 1.02. The fraction of sp³-hybridized carbons (Fsp3) is 0.133. The van der Waals surface area contributed by atoms with Crippen LogP contribution in [0.1, 0.15) is 5.56 Å². The second kappa shape index (κ2) is 7.08. The number of amides is 1. The molecule has 0 unspecified atom stereocenters. The molecule has 2 aromatic rings. The van der Waals surface area contributed by atoms with E-state index in [2.05, 4.69) is 10.0 Å². The molecule has 0 aromatic heterocycles. The van der Waals surface area contributed by atoms with Crippen molar-refractivity contribution in [1.29, 1.82) is 0 Å². The van der Waals surface area contributed by atoms with E-state index in [-0.39, 0.29) is 10.5 Å². The Bertz CT molecular complexity index is 823. The van der Waals surface area contributed by atoms with E-state index in [9.17, 15) is 17.6 Å². The number of halogens is 2. The van der Waals surface area contributed by atoms with Gasteiger partial charge in [-0.05, 0) is 55.0 Å². The molecule has 0 atom stereocenters. The van der Waals surface area contributed by atoms with Gasteiger partial charge in [0.25, 0.3) is 0 Å². The second-order valence-corrected chi connectivity index (χ2v) is 6.99. The van der Waals surface area contributed by atoms with Gasteiger partial charge in [0.1, 0.15) is 5.82 Å². The summed E-state index contributed by atoms with van der Waals surface area (Å²) in [4.78, 5) is 11.7. The first-order valence-electron chi connectivity index (χ1n) is 6.59. The summed E-state index contributed by atoms with van der Waals surface area (Å²) >= 11 is 5.73. The number of anilines is 1. The summed E-state index contributed by atoms with van der Waals surface area (Å²) in [6, 6.07) is 9.80. The lowest BCUT2D eigenvalue weighted by molar-refractivity contribution is -0.115. The fourth-order valence-corrected chi connectivity index (χ4v) is 2.96. The van der Waals surface area contributed by atoms with Gasteiger partial charge in [-0.2, -0.15) is 0 Å². The van der Waals surface area contributed by atoms with E-state index in [1.165, 1.54) is 13.0 Å². The molecule has 0 bridgehead atoms. The van der Waals surface area contributed by atoms with Gasteiger partial charge in [-0.1, -0.05) is 11.6 Å². The lowest BCUT2D eigenvalue weighted by Gasteiger charge is -2.09. The molecule has 2 rings (SSSR count). The standard InChI is InChI=1S/C15H14ClFN2O3S/c1-10-8-13(6-7-14(10)17)23(21,22)18-9-15(20)19-12-4-2-11(16)3-5-12/h2-8,18H,9H2,1H3,(H,19,20). The predicted octanol–water partition coefficient (Wildman–Crippen LogP) is 2.70. The number of carbonyl (C=O) groups excluding carboxylic acids is 1. The summed E-state index contributed by atoms with van der Waals surface area (Å²) < 4.78 is 39.5. The van der Waals surface area contributed by atoms with Gasteiger partial charge in [-0.3, -0.25) is 4.79 Å². The molecule has 2 N–H and O–H groups in total. The molecule has 0 saturated heterocycles. The van der Waals surface area contributed by atoms with Crippen LogP contribution in [0.3, 0.4) is 0 Å². The molecule has 1 amide bonds. The van der Waals surface area contributed by atoms with E-state index >= 15 is 0 Å². The van der Waals surface area contributed by atoms with Gasteiger partial charge in [0.05, 0.1) is 11.4 Å². The third kappa shape index (κ3) is 4.75. The first-order chi connectivity index (χ1) is 10.8. The molecule has 0 saturated carbocycles. The Hall–Kier alpha value is -1.96. The van der Waals surface area contributed by atoms with E-state index in [1.54, 1.807) is 24.3 Å². The Balaban J connectivity index is 1.99. The number of aryl methyl sites for hydroxylation is 1. The maximum atomic E-state index is 13.2. The molecule has 122 valence electrons. The van der Waals surface area contributed by atoms with Gasteiger partial charge in [0.2, 0.25) is 15.9 Å². The van der Waals surface area contributed by atoms with Gasteiger partial charge in [0, 0.05) is 10.7 Å². The maximum Gasteiger partial charge on any atom is 0.241 e. The van der Waals surface area contributed by atoms with Crippen LogP contribution in [0.25, 0.3) is 0 Å². The minimum atomic E-state index is -3.89. The number of hydrogen-bond donors (Lipinski definition) is 2. The van der Waals surface area contributed by atoms with Crippen LogP contribution in [0.2, 0.25) is 5.02 Å². The van der Waals surface area contributed by atoms with Gasteiger partial charge in [0.15, 0.2) is 0 Å². The molecule has 0 aliphatic rings. The molecule has 0 heterocycles. The molecule has 8 heteroatoms. The summed E-state index contributed by atoms with van der Waals surface area (Å²) in [5.74, 6) is -1.03. The highest BCUT2D eigenvalue weighted by Crippen LogP contribution is 2.15. The summed E-state index contributed by atoms with van der Waals surface area (Å²) in [5.41, 5.74) is 0.703. The van der Waals surface area contributed by atoms with Crippen LogP contribution in [0.15, 0.2) is 47.4 Å². The van der Waals surface area contributed by atoms with E-state index in [4.69, 9.17) is 11.6 Å².